The van der Waals surface area contributed by atoms with Gasteiger partial charge in [0.1, 0.15) is 0 Å². The molecular weight excluding hydrogens is 100 g/mol. The van der Waals surface area contributed by atoms with Gasteiger partial charge in [0.15, 0.2) is 0 Å². The zero-order valence-electron chi connectivity index (χ0n) is 3.82. The van der Waals surface area contributed by atoms with Gasteiger partial charge in [-0.05, 0) is 6.42 Å². The molecule has 0 aromatic rings. The summed E-state index contributed by atoms with van der Waals surface area (Å²) >= 11 is 0. The molecule has 0 radical (unpaired) electrons. The molecule has 0 aromatic heterocycles. The second kappa shape index (κ2) is 28.2. The minimum Gasteiger partial charge on any atom is -0.385 e. The van der Waals surface area contributed by atoms with E-state index in [-0.39, 0.29) is 22.3 Å². The zero-order chi connectivity index (χ0) is 4.12. The molecule has 0 aliphatic heterocycles. The Kier molecular flexibility index (Phi) is 86.7. The van der Waals surface area contributed by atoms with Gasteiger partial charge in [0, 0.05) is 13.7 Å². The maximum absolute atomic E-state index is 4.69. The molecule has 0 amide bonds. The van der Waals surface area contributed by atoms with Crippen LogP contribution in [0.15, 0.2) is 0 Å². The second-order valence-electron chi connectivity index (χ2n) is 0.993. The first-order valence-electron chi connectivity index (χ1n) is 1.90. The van der Waals surface area contributed by atoms with E-state index < -0.39 is 0 Å². The van der Waals surface area contributed by atoms with Crippen molar-refractivity contribution in [3.63, 3.8) is 0 Å². The highest BCUT2D eigenvalue weighted by Gasteiger charge is 1.66. The number of rotatable bonds is 2. The van der Waals surface area contributed by atoms with Crippen LogP contribution in [0.3, 0.4) is 0 Å². The molecule has 0 unspecified atom stereocenters. The van der Waals surface area contributed by atoms with Crippen LogP contribution in [0.25, 0.3) is 0 Å². The first-order valence-corrected chi connectivity index (χ1v) is 1.90. The van der Waals surface area contributed by atoms with Crippen LogP contribution in [0, 0.1) is 0 Å². The lowest BCUT2D eigenvalue weighted by Crippen LogP contribution is -1.80. The van der Waals surface area contributed by atoms with E-state index in [4.69, 9.17) is 4.74 Å². The minimum atomic E-state index is 0. The lowest BCUT2D eigenvalue weighted by atomic mass is 10.5. The Morgan fingerprint density at radius 1 is 1.12 bits per heavy atom. The third-order valence-corrected chi connectivity index (χ3v) is 0.408. The number of ether oxygens (including phenoxy) is 1. The van der Waals surface area contributed by atoms with Crippen LogP contribution in [0.5, 0.6) is 0 Å². The van der Waals surface area contributed by atoms with Gasteiger partial charge in [-0.1, -0.05) is 29.2 Å². The Balaban J connectivity index is -0.0000000267. The van der Waals surface area contributed by atoms with Crippen LogP contribution in [0.1, 0.15) is 35.6 Å². The predicted octanol–water partition coefficient (Wildman–Crippen LogP) is 2.95. The molecule has 56 valence electrons. The van der Waals surface area contributed by atoms with Crippen molar-refractivity contribution >= 4 is 0 Å². The maximum atomic E-state index is 4.69. The fourth-order valence-electron chi connectivity index (χ4n) is 0.204. The van der Waals surface area contributed by atoms with Gasteiger partial charge in [-0.25, -0.2) is 0 Å². The summed E-state index contributed by atoms with van der Waals surface area (Å²) in [6, 6.07) is 0. The van der Waals surface area contributed by atoms with E-state index in [1.54, 1.807) is 7.11 Å². The van der Waals surface area contributed by atoms with Crippen molar-refractivity contribution in [1.82, 2.24) is 0 Å². The van der Waals surface area contributed by atoms with E-state index in [1.165, 1.54) is 0 Å². The largest absolute Gasteiger partial charge is 0.385 e. The van der Waals surface area contributed by atoms with E-state index in [1.807, 2.05) is 0 Å². The third kappa shape index (κ3) is 38.2. The summed E-state index contributed by atoms with van der Waals surface area (Å²) in [5.41, 5.74) is 0. The molecule has 0 rings (SSSR count). The summed E-state index contributed by atoms with van der Waals surface area (Å²) in [6.07, 6.45) is 1.12. The fourth-order valence-corrected chi connectivity index (χ4v) is 0.204. The van der Waals surface area contributed by atoms with Crippen molar-refractivity contribution in [3.8, 4) is 0 Å². The molecule has 1 nitrogen and oxygen atoms in total. The maximum Gasteiger partial charge on any atom is 0.0459 e. The fraction of sp³-hybridized carbons (Fsp3) is 1.00. The van der Waals surface area contributed by atoms with Crippen LogP contribution in [0.2, 0.25) is 0 Å². The van der Waals surface area contributed by atoms with E-state index in [9.17, 15) is 0 Å². The molecule has 1 heteroatoms. The normalized spacial score (nSPS) is 5.25. The zero-order valence-corrected chi connectivity index (χ0v) is 3.82. The highest BCUT2D eigenvalue weighted by atomic mass is 16.5. The lowest BCUT2D eigenvalue weighted by Gasteiger charge is -1.84. The highest BCUT2D eigenvalue weighted by molar-refractivity contribution is 4.15. The monoisotopic (exact) mass is 122 g/mol. The Labute approximate surface area is 55.1 Å². The van der Waals surface area contributed by atoms with Crippen LogP contribution in [0.4, 0.5) is 0 Å². The quantitative estimate of drug-likeness (QED) is 0.547. The number of hydrogen-bond acceptors (Lipinski definition) is 1. The van der Waals surface area contributed by atoms with E-state index in [0.29, 0.717) is 0 Å². The Morgan fingerprint density at radius 2 is 1.50 bits per heavy atom. The molecule has 0 aromatic carbocycles. The first-order chi connectivity index (χ1) is 2.41. The van der Waals surface area contributed by atoms with Crippen molar-refractivity contribution in [2.24, 2.45) is 0 Å². The number of methoxy groups -OCH3 is 1. The van der Waals surface area contributed by atoms with Gasteiger partial charge in [0.05, 0.1) is 0 Å². The molecule has 0 spiro atoms. The third-order valence-electron chi connectivity index (χ3n) is 0.408. The van der Waals surface area contributed by atoms with E-state index >= 15 is 0 Å². The molecule has 0 bridgehead atoms. The van der Waals surface area contributed by atoms with Gasteiger partial charge < -0.3 is 4.74 Å². The summed E-state index contributed by atoms with van der Waals surface area (Å²) in [5.74, 6) is 0. The van der Waals surface area contributed by atoms with Crippen LogP contribution >= 0.6 is 0 Å². The van der Waals surface area contributed by atoms with Gasteiger partial charge in [-0.15, -0.1) is 0 Å². The lowest BCUT2D eigenvalue weighted by molar-refractivity contribution is 0.199. The van der Waals surface area contributed by atoms with Crippen LogP contribution in [-0.4, -0.2) is 13.7 Å². The van der Waals surface area contributed by atoms with E-state index in [0.717, 1.165) is 13.0 Å². The van der Waals surface area contributed by atoms with Crippen molar-refractivity contribution < 1.29 is 4.74 Å². The molecule has 0 saturated heterocycles. The Hall–Kier alpha value is -0.0400. The van der Waals surface area contributed by atoms with Gasteiger partial charge in [0.25, 0.3) is 0 Å². The Bertz CT molecular complexity index is 11.9. The molecule has 8 heavy (non-hydrogen) atoms. The summed E-state index contributed by atoms with van der Waals surface area (Å²) < 4.78 is 4.69. The molecule has 0 aliphatic rings. The molecule has 0 fully saturated rings. The van der Waals surface area contributed by atoms with E-state index in [2.05, 4.69) is 6.92 Å². The van der Waals surface area contributed by atoms with Gasteiger partial charge in [-0.2, -0.15) is 0 Å². The molecule has 0 heterocycles. The summed E-state index contributed by atoms with van der Waals surface area (Å²) in [4.78, 5) is 0. The van der Waals surface area contributed by atoms with Crippen LogP contribution < -0.4 is 0 Å². The molecule has 0 N–H and O–H groups in total. The van der Waals surface area contributed by atoms with Crippen molar-refractivity contribution in [3.05, 3.63) is 0 Å². The summed E-state index contributed by atoms with van der Waals surface area (Å²) in [7, 11) is 1.71. The van der Waals surface area contributed by atoms with Gasteiger partial charge >= 0.3 is 0 Å². The summed E-state index contributed by atoms with van der Waals surface area (Å²) in [5, 5.41) is 0. The molecular formula is C7H22O. The predicted molar refractivity (Wildman–Crippen MR) is 42.4 cm³/mol. The van der Waals surface area contributed by atoms with Crippen molar-refractivity contribution in [2.45, 2.75) is 35.6 Å². The van der Waals surface area contributed by atoms with Crippen molar-refractivity contribution in [1.29, 1.82) is 0 Å². The SMILES string of the molecule is C.C.C.CCCOC. The smallest absolute Gasteiger partial charge is 0.0459 e. The minimum absolute atomic E-state index is 0. The first kappa shape index (κ1) is 24.6. The second-order valence-corrected chi connectivity index (χ2v) is 0.993. The van der Waals surface area contributed by atoms with Gasteiger partial charge in [-0.3, -0.25) is 0 Å². The highest BCUT2D eigenvalue weighted by Crippen LogP contribution is 1.70. The average Bonchev–Trinajstić information content (AvgIpc) is 1.41. The van der Waals surface area contributed by atoms with Crippen LogP contribution in [-0.2, 0) is 4.74 Å². The standard InChI is InChI=1S/C4H10O.3CH4/c1-3-4-5-2;;;/h3-4H2,1-2H3;3*1H4. The van der Waals surface area contributed by atoms with Crippen molar-refractivity contribution in [2.75, 3.05) is 13.7 Å². The average molecular weight is 122 g/mol. The number of hydrogen-bond donors (Lipinski definition) is 0. The summed E-state index contributed by atoms with van der Waals surface area (Å²) in [6.45, 7) is 2.98. The topological polar surface area (TPSA) is 9.23 Å². The molecule has 0 atom stereocenters. The Morgan fingerprint density at radius 3 is 1.50 bits per heavy atom. The molecule has 0 saturated carbocycles. The van der Waals surface area contributed by atoms with Gasteiger partial charge in [0.2, 0.25) is 0 Å². The molecule has 0 aliphatic carbocycles.